The smallest absolute Gasteiger partial charge is 0.149 e. The fourth-order valence-electron chi connectivity index (χ4n) is 1.48. The number of anilines is 3. The van der Waals surface area contributed by atoms with Gasteiger partial charge in [-0.25, -0.2) is 0 Å². The van der Waals surface area contributed by atoms with E-state index in [2.05, 4.69) is 5.10 Å². The van der Waals surface area contributed by atoms with Crippen molar-refractivity contribution in [3.8, 4) is 5.75 Å². The largest absolute Gasteiger partial charge is 0.505 e. The standard InChI is InChI=1S/C8H11N5O2/c9-5-4-2-13(15)12-1-3(4)8(14)7(11)6(5)10/h1,14-15H,2,9-11H2. The first-order chi connectivity index (χ1) is 7.02. The molecule has 0 spiro atoms. The topological polar surface area (TPSA) is 134 Å². The first-order valence-electron chi connectivity index (χ1n) is 4.21. The van der Waals surface area contributed by atoms with Gasteiger partial charge in [-0.2, -0.15) is 10.3 Å². The van der Waals surface area contributed by atoms with Gasteiger partial charge in [-0.1, -0.05) is 0 Å². The van der Waals surface area contributed by atoms with Crippen LogP contribution in [0.5, 0.6) is 5.75 Å². The Bertz CT molecular complexity index is 457. The summed E-state index contributed by atoms with van der Waals surface area (Å²) in [6.07, 6.45) is 1.28. The van der Waals surface area contributed by atoms with Crippen LogP contribution in [-0.2, 0) is 6.54 Å². The van der Waals surface area contributed by atoms with Crippen LogP contribution in [0, 0.1) is 0 Å². The summed E-state index contributed by atoms with van der Waals surface area (Å²) in [5.41, 5.74) is 18.2. The van der Waals surface area contributed by atoms with Crippen LogP contribution in [0.2, 0.25) is 0 Å². The number of nitrogens with zero attached hydrogens (tertiary/aromatic N) is 2. The lowest BCUT2D eigenvalue weighted by atomic mass is 10.0. The summed E-state index contributed by atoms with van der Waals surface area (Å²) in [5.74, 6) is -0.159. The monoisotopic (exact) mass is 209 g/mol. The number of fused-ring (bicyclic) bond motifs is 1. The van der Waals surface area contributed by atoms with Gasteiger partial charge in [0.15, 0.2) is 0 Å². The second kappa shape index (κ2) is 2.92. The van der Waals surface area contributed by atoms with Gasteiger partial charge < -0.3 is 22.3 Å². The summed E-state index contributed by atoms with van der Waals surface area (Å²) in [4.78, 5) is 0. The van der Waals surface area contributed by atoms with Crippen LogP contribution in [0.4, 0.5) is 17.1 Å². The Balaban J connectivity index is 2.74. The summed E-state index contributed by atoms with van der Waals surface area (Å²) in [6, 6.07) is 0. The van der Waals surface area contributed by atoms with E-state index in [9.17, 15) is 5.11 Å². The number of hydrogen-bond donors (Lipinski definition) is 5. The van der Waals surface area contributed by atoms with E-state index in [1.54, 1.807) is 0 Å². The molecular weight excluding hydrogens is 198 g/mol. The number of hydrogen-bond acceptors (Lipinski definition) is 7. The van der Waals surface area contributed by atoms with Gasteiger partial charge in [0.05, 0.1) is 24.1 Å². The van der Waals surface area contributed by atoms with Crippen LogP contribution in [0.15, 0.2) is 5.10 Å². The van der Waals surface area contributed by atoms with Gasteiger partial charge in [0.1, 0.15) is 11.4 Å². The van der Waals surface area contributed by atoms with E-state index in [0.717, 1.165) is 0 Å². The molecule has 0 bridgehead atoms. The fraction of sp³-hybridized carbons (Fsp3) is 0.125. The molecule has 0 saturated carbocycles. The van der Waals surface area contributed by atoms with Gasteiger partial charge in [0, 0.05) is 11.1 Å². The molecule has 1 aromatic rings. The number of nitrogens with two attached hydrogens (primary N) is 3. The Hall–Kier alpha value is -2.15. The molecule has 2 rings (SSSR count). The molecule has 0 radical (unpaired) electrons. The zero-order chi connectivity index (χ0) is 11.2. The molecule has 1 heterocycles. The molecule has 8 N–H and O–H groups in total. The second-order valence-corrected chi connectivity index (χ2v) is 3.26. The van der Waals surface area contributed by atoms with Gasteiger partial charge in [-0.15, -0.1) is 0 Å². The van der Waals surface area contributed by atoms with E-state index < -0.39 is 0 Å². The van der Waals surface area contributed by atoms with Crippen molar-refractivity contribution in [1.82, 2.24) is 5.17 Å². The molecule has 15 heavy (non-hydrogen) atoms. The minimum absolute atomic E-state index is 0.0316. The maximum Gasteiger partial charge on any atom is 0.149 e. The Morgan fingerprint density at radius 1 is 1.20 bits per heavy atom. The maximum absolute atomic E-state index is 9.68. The van der Waals surface area contributed by atoms with Crippen molar-refractivity contribution in [3.05, 3.63) is 11.1 Å². The number of nitrogen functional groups attached to an aromatic ring is 3. The average molecular weight is 209 g/mol. The molecule has 7 heteroatoms. The number of hydroxylamine groups is 1. The minimum Gasteiger partial charge on any atom is -0.505 e. The van der Waals surface area contributed by atoms with E-state index in [-0.39, 0.29) is 29.4 Å². The highest BCUT2D eigenvalue weighted by molar-refractivity contribution is 5.97. The molecular formula is C8H11N5O2. The first-order valence-corrected chi connectivity index (χ1v) is 4.21. The van der Waals surface area contributed by atoms with E-state index >= 15 is 0 Å². The fourth-order valence-corrected chi connectivity index (χ4v) is 1.48. The number of hydrazone groups is 1. The van der Waals surface area contributed by atoms with E-state index in [0.29, 0.717) is 16.3 Å². The maximum atomic E-state index is 9.68. The molecule has 7 nitrogen and oxygen atoms in total. The third-order valence-corrected chi connectivity index (χ3v) is 2.36. The quantitative estimate of drug-likeness (QED) is 0.226. The summed E-state index contributed by atoms with van der Waals surface area (Å²) in [7, 11) is 0. The van der Waals surface area contributed by atoms with Crippen LogP contribution in [0.1, 0.15) is 11.1 Å². The van der Waals surface area contributed by atoms with Crippen molar-refractivity contribution in [1.29, 1.82) is 0 Å². The third-order valence-electron chi connectivity index (χ3n) is 2.36. The Morgan fingerprint density at radius 2 is 1.87 bits per heavy atom. The predicted molar refractivity (Wildman–Crippen MR) is 56.3 cm³/mol. The highest BCUT2D eigenvalue weighted by Gasteiger charge is 2.21. The molecule has 1 aliphatic rings. The van der Waals surface area contributed by atoms with Crippen LogP contribution in [0.25, 0.3) is 0 Å². The van der Waals surface area contributed by atoms with E-state index in [1.165, 1.54) is 6.21 Å². The summed E-state index contributed by atoms with van der Waals surface area (Å²) < 4.78 is 0. The van der Waals surface area contributed by atoms with E-state index in [1.807, 2.05) is 0 Å². The zero-order valence-electron chi connectivity index (χ0n) is 7.81. The van der Waals surface area contributed by atoms with Crippen molar-refractivity contribution in [2.24, 2.45) is 5.10 Å². The molecule has 0 amide bonds. The van der Waals surface area contributed by atoms with Crippen molar-refractivity contribution < 1.29 is 10.3 Å². The van der Waals surface area contributed by atoms with Gasteiger partial charge in [-0.05, 0) is 0 Å². The van der Waals surface area contributed by atoms with Crippen LogP contribution < -0.4 is 17.2 Å². The molecule has 1 aromatic carbocycles. The number of aromatic hydroxyl groups is 1. The number of benzene rings is 1. The third kappa shape index (κ3) is 1.21. The SMILES string of the molecule is Nc1c(N)c(O)c2c(c1N)CN(O)N=C2. The first kappa shape index (κ1) is 9.41. The molecule has 0 unspecified atom stereocenters. The minimum atomic E-state index is -0.159. The van der Waals surface area contributed by atoms with Crippen LogP contribution >= 0.6 is 0 Å². The van der Waals surface area contributed by atoms with Gasteiger partial charge in [-0.3, -0.25) is 5.21 Å². The van der Waals surface area contributed by atoms with Crippen molar-refractivity contribution in [2.45, 2.75) is 6.54 Å². The number of phenols is 1. The molecule has 80 valence electrons. The number of phenolic OH excluding ortho intramolecular Hbond substituents is 1. The number of rotatable bonds is 0. The highest BCUT2D eigenvalue weighted by atomic mass is 16.5. The Morgan fingerprint density at radius 3 is 2.53 bits per heavy atom. The molecule has 1 aliphatic heterocycles. The van der Waals surface area contributed by atoms with Crippen molar-refractivity contribution in [2.75, 3.05) is 17.2 Å². The average Bonchev–Trinajstić information content (AvgIpc) is 2.23. The summed E-state index contributed by atoms with van der Waals surface area (Å²) >= 11 is 0. The lowest BCUT2D eigenvalue weighted by Crippen LogP contribution is -2.20. The second-order valence-electron chi connectivity index (χ2n) is 3.26. The van der Waals surface area contributed by atoms with Crippen molar-refractivity contribution in [3.63, 3.8) is 0 Å². The highest BCUT2D eigenvalue weighted by Crippen LogP contribution is 2.39. The van der Waals surface area contributed by atoms with Crippen molar-refractivity contribution >= 4 is 23.3 Å². The van der Waals surface area contributed by atoms with Crippen LogP contribution in [0.3, 0.4) is 0 Å². The summed E-state index contributed by atoms with van der Waals surface area (Å²) in [6.45, 7) is 0.0652. The lowest BCUT2D eigenvalue weighted by Gasteiger charge is -2.22. The summed E-state index contributed by atoms with van der Waals surface area (Å²) in [5, 5.41) is 23.1. The van der Waals surface area contributed by atoms with Gasteiger partial charge >= 0.3 is 0 Å². The predicted octanol–water partition coefficient (Wildman–Crippen LogP) is -0.323. The Kier molecular flexibility index (Phi) is 1.83. The zero-order valence-corrected chi connectivity index (χ0v) is 7.81. The molecule has 0 saturated heterocycles. The Labute approximate surface area is 85.3 Å². The van der Waals surface area contributed by atoms with Gasteiger partial charge in [0.2, 0.25) is 0 Å². The van der Waals surface area contributed by atoms with Gasteiger partial charge in [0.25, 0.3) is 0 Å². The molecule has 0 aromatic heterocycles. The molecule has 0 fully saturated rings. The van der Waals surface area contributed by atoms with E-state index in [4.69, 9.17) is 22.4 Å². The lowest BCUT2D eigenvalue weighted by molar-refractivity contribution is -0.0989. The molecule has 0 atom stereocenters. The van der Waals surface area contributed by atoms with Crippen LogP contribution in [-0.4, -0.2) is 21.7 Å². The normalized spacial score (nSPS) is 14.1. The molecule has 0 aliphatic carbocycles.